The van der Waals surface area contributed by atoms with Crippen LogP contribution in [0.4, 0.5) is 5.69 Å². The van der Waals surface area contributed by atoms with Gasteiger partial charge in [0, 0.05) is 25.7 Å². The largest absolute Gasteiger partial charge is 0.392 e. The summed E-state index contributed by atoms with van der Waals surface area (Å²) in [5.41, 5.74) is 2.50. The van der Waals surface area contributed by atoms with Crippen LogP contribution in [-0.4, -0.2) is 25.3 Å². The number of rotatable bonds is 2. The summed E-state index contributed by atoms with van der Waals surface area (Å²) in [6.07, 6.45) is 3.11. The Kier molecular flexibility index (Phi) is 2.96. The molecule has 1 saturated carbocycles. The second-order valence-electron chi connectivity index (χ2n) is 4.59. The molecule has 0 aliphatic heterocycles. The van der Waals surface area contributed by atoms with E-state index in [0.29, 0.717) is 5.92 Å². The maximum atomic E-state index is 9.81. The van der Waals surface area contributed by atoms with E-state index in [4.69, 9.17) is 0 Å². The summed E-state index contributed by atoms with van der Waals surface area (Å²) >= 11 is 0. The van der Waals surface area contributed by atoms with Gasteiger partial charge in [-0.1, -0.05) is 18.6 Å². The molecule has 1 aromatic carbocycles. The molecule has 2 nitrogen and oxygen atoms in total. The monoisotopic (exact) mass is 205 g/mol. The summed E-state index contributed by atoms with van der Waals surface area (Å²) in [6.45, 7) is 0. The maximum absolute atomic E-state index is 9.81. The first kappa shape index (κ1) is 10.5. The van der Waals surface area contributed by atoms with E-state index in [1.54, 1.807) is 0 Å². The highest BCUT2D eigenvalue weighted by Crippen LogP contribution is 2.34. The van der Waals surface area contributed by atoms with Gasteiger partial charge in [-0.15, -0.1) is 0 Å². The van der Waals surface area contributed by atoms with Crippen LogP contribution in [0.25, 0.3) is 0 Å². The van der Waals surface area contributed by atoms with Crippen molar-refractivity contribution in [1.29, 1.82) is 0 Å². The van der Waals surface area contributed by atoms with Crippen LogP contribution in [0.3, 0.4) is 0 Å². The fraction of sp³-hybridized carbons (Fsp3) is 0.538. The quantitative estimate of drug-likeness (QED) is 0.801. The van der Waals surface area contributed by atoms with Gasteiger partial charge in [0.15, 0.2) is 0 Å². The van der Waals surface area contributed by atoms with E-state index >= 15 is 0 Å². The third kappa shape index (κ3) is 2.15. The Labute approximate surface area is 91.5 Å². The van der Waals surface area contributed by atoms with Crippen molar-refractivity contribution in [2.45, 2.75) is 31.3 Å². The Hall–Kier alpha value is -1.02. The van der Waals surface area contributed by atoms with E-state index in [-0.39, 0.29) is 6.10 Å². The number of aliphatic hydroxyl groups is 1. The molecule has 0 unspecified atom stereocenters. The second kappa shape index (κ2) is 4.23. The molecule has 0 heterocycles. The molecule has 1 fully saturated rings. The molecule has 1 N–H and O–H groups in total. The minimum atomic E-state index is -0.129. The van der Waals surface area contributed by atoms with Crippen molar-refractivity contribution >= 4 is 5.69 Å². The maximum Gasteiger partial charge on any atom is 0.0608 e. The SMILES string of the molecule is CN(C)c1ccc([C@@H]2CCC[C@@H]2O)cc1. The lowest BCUT2D eigenvalue weighted by Gasteiger charge is -2.17. The van der Waals surface area contributed by atoms with Gasteiger partial charge in [-0.2, -0.15) is 0 Å². The molecule has 82 valence electrons. The number of benzene rings is 1. The highest BCUT2D eigenvalue weighted by molar-refractivity contribution is 5.46. The van der Waals surface area contributed by atoms with Crippen molar-refractivity contribution in [3.63, 3.8) is 0 Å². The molecule has 0 radical (unpaired) electrons. The van der Waals surface area contributed by atoms with Crippen LogP contribution in [-0.2, 0) is 0 Å². The third-order valence-corrected chi connectivity index (χ3v) is 3.32. The smallest absolute Gasteiger partial charge is 0.0608 e. The lowest BCUT2D eigenvalue weighted by atomic mass is 9.95. The zero-order valence-electron chi connectivity index (χ0n) is 9.48. The van der Waals surface area contributed by atoms with Gasteiger partial charge in [0.05, 0.1) is 6.10 Å². The molecule has 15 heavy (non-hydrogen) atoms. The second-order valence-corrected chi connectivity index (χ2v) is 4.59. The molecular weight excluding hydrogens is 186 g/mol. The van der Waals surface area contributed by atoms with Crippen LogP contribution in [0.15, 0.2) is 24.3 Å². The van der Waals surface area contributed by atoms with Crippen molar-refractivity contribution < 1.29 is 5.11 Å². The highest BCUT2D eigenvalue weighted by atomic mass is 16.3. The molecule has 1 aromatic rings. The molecule has 2 heteroatoms. The highest BCUT2D eigenvalue weighted by Gasteiger charge is 2.26. The summed E-state index contributed by atoms with van der Waals surface area (Å²) in [7, 11) is 4.08. The first-order chi connectivity index (χ1) is 7.18. The fourth-order valence-electron chi connectivity index (χ4n) is 2.35. The van der Waals surface area contributed by atoms with Gasteiger partial charge in [0.2, 0.25) is 0 Å². The molecule has 1 aliphatic carbocycles. The Morgan fingerprint density at radius 2 is 1.80 bits per heavy atom. The van der Waals surface area contributed by atoms with Crippen LogP contribution in [0.2, 0.25) is 0 Å². The van der Waals surface area contributed by atoms with Gasteiger partial charge in [-0.05, 0) is 30.5 Å². The van der Waals surface area contributed by atoms with E-state index in [0.717, 1.165) is 19.3 Å². The number of hydrogen-bond acceptors (Lipinski definition) is 2. The van der Waals surface area contributed by atoms with Crippen molar-refractivity contribution in [3.05, 3.63) is 29.8 Å². The van der Waals surface area contributed by atoms with E-state index < -0.39 is 0 Å². The standard InChI is InChI=1S/C13H19NO/c1-14(2)11-8-6-10(7-9-11)12-4-3-5-13(12)15/h6-9,12-13,15H,3-5H2,1-2H3/t12-,13-/m0/s1. The number of nitrogens with zero attached hydrogens (tertiary/aromatic N) is 1. The fourth-order valence-corrected chi connectivity index (χ4v) is 2.35. The van der Waals surface area contributed by atoms with E-state index in [1.165, 1.54) is 11.3 Å². The Balaban J connectivity index is 2.16. The van der Waals surface area contributed by atoms with Gasteiger partial charge in [0.25, 0.3) is 0 Å². The van der Waals surface area contributed by atoms with Crippen molar-refractivity contribution in [2.75, 3.05) is 19.0 Å². The summed E-state index contributed by atoms with van der Waals surface area (Å²) in [5, 5.41) is 9.81. The minimum absolute atomic E-state index is 0.129. The molecule has 0 aromatic heterocycles. The van der Waals surface area contributed by atoms with Crippen molar-refractivity contribution in [1.82, 2.24) is 0 Å². The van der Waals surface area contributed by atoms with E-state index in [9.17, 15) is 5.11 Å². The molecule has 1 aliphatic rings. The number of anilines is 1. The summed E-state index contributed by atoms with van der Waals surface area (Å²) in [5.74, 6) is 0.362. The molecule has 2 rings (SSSR count). The average Bonchev–Trinajstić information content (AvgIpc) is 2.65. The predicted molar refractivity (Wildman–Crippen MR) is 63.4 cm³/mol. The van der Waals surface area contributed by atoms with Crippen molar-refractivity contribution in [2.24, 2.45) is 0 Å². The van der Waals surface area contributed by atoms with Crippen LogP contribution in [0, 0.1) is 0 Å². The van der Waals surface area contributed by atoms with Gasteiger partial charge in [0.1, 0.15) is 0 Å². The number of hydrogen-bond donors (Lipinski definition) is 1. The van der Waals surface area contributed by atoms with Crippen LogP contribution in [0.5, 0.6) is 0 Å². The average molecular weight is 205 g/mol. The zero-order valence-corrected chi connectivity index (χ0v) is 9.48. The molecule has 0 bridgehead atoms. The number of aliphatic hydroxyl groups excluding tert-OH is 1. The van der Waals surface area contributed by atoms with E-state index in [2.05, 4.69) is 29.2 Å². The first-order valence-electron chi connectivity index (χ1n) is 5.64. The van der Waals surface area contributed by atoms with E-state index in [1.807, 2.05) is 14.1 Å². The third-order valence-electron chi connectivity index (χ3n) is 3.32. The summed E-state index contributed by atoms with van der Waals surface area (Å²) in [6, 6.07) is 8.55. The molecular formula is C13H19NO. The molecule has 0 saturated heterocycles. The van der Waals surface area contributed by atoms with Gasteiger partial charge in [-0.3, -0.25) is 0 Å². The lowest BCUT2D eigenvalue weighted by molar-refractivity contribution is 0.164. The van der Waals surface area contributed by atoms with Crippen LogP contribution >= 0.6 is 0 Å². The van der Waals surface area contributed by atoms with Gasteiger partial charge in [-0.25, -0.2) is 0 Å². The predicted octanol–water partition coefficient (Wildman–Crippen LogP) is 2.38. The van der Waals surface area contributed by atoms with Crippen LogP contribution in [0.1, 0.15) is 30.7 Å². The topological polar surface area (TPSA) is 23.5 Å². The normalized spacial score (nSPS) is 25.5. The summed E-state index contributed by atoms with van der Waals surface area (Å²) in [4.78, 5) is 2.09. The first-order valence-corrected chi connectivity index (χ1v) is 5.64. The van der Waals surface area contributed by atoms with Gasteiger partial charge < -0.3 is 10.0 Å². The Bertz CT molecular complexity index is 318. The lowest BCUT2D eigenvalue weighted by Crippen LogP contribution is -2.12. The molecule has 0 amide bonds. The zero-order chi connectivity index (χ0) is 10.8. The molecule has 0 spiro atoms. The minimum Gasteiger partial charge on any atom is -0.392 e. The Morgan fingerprint density at radius 3 is 2.27 bits per heavy atom. The van der Waals surface area contributed by atoms with Crippen molar-refractivity contribution in [3.8, 4) is 0 Å². The Morgan fingerprint density at radius 1 is 1.13 bits per heavy atom. The van der Waals surface area contributed by atoms with Crippen LogP contribution < -0.4 is 4.90 Å². The molecule has 2 atom stereocenters. The van der Waals surface area contributed by atoms with Gasteiger partial charge >= 0.3 is 0 Å². The summed E-state index contributed by atoms with van der Waals surface area (Å²) < 4.78 is 0.